The summed E-state index contributed by atoms with van der Waals surface area (Å²) in [5.41, 5.74) is -3.66. The lowest BCUT2D eigenvalue weighted by Gasteiger charge is -2.35. The third-order valence-corrected chi connectivity index (χ3v) is 5.12. The molecule has 2 aromatic rings. The van der Waals surface area contributed by atoms with E-state index in [-0.39, 0.29) is 9.80 Å². The molecule has 0 aromatic heterocycles. The van der Waals surface area contributed by atoms with Gasteiger partial charge < -0.3 is 14.4 Å². The minimum atomic E-state index is -3.57. The summed E-state index contributed by atoms with van der Waals surface area (Å²) in [4.78, 5) is 38.4. The van der Waals surface area contributed by atoms with Crippen molar-refractivity contribution in [3.05, 3.63) is 64.5 Å². The first-order valence-electron chi connectivity index (χ1n) is 18.6. The number of hydrogen-bond donors (Lipinski definition) is 1. The summed E-state index contributed by atoms with van der Waals surface area (Å²) in [5, 5.41) is 1.58. The number of rotatable bonds is 6. The number of fused-ring (bicyclic) bond motifs is 1. The van der Waals surface area contributed by atoms with Crippen LogP contribution in [-0.2, 0) is 33.9 Å². The van der Waals surface area contributed by atoms with E-state index in [1.54, 1.807) is 5.32 Å². The fourth-order valence-corrected chi connectivity index (χ4v) is 3.59. The van der Waals surface area contributed by atoms with Gasteiger partial charge in [-0.15, -0.1) is 0 Å². The Hall–Kier alpha value is -3.30. The van der Waals surface area contributed by atoms with Crippen LogP contribution >= 0.6 is 0 Å². The Labute approximate surface area is 231 Å². The lowest BCUT2D eigenvalue weighted by molar-refractivity contribution is -0.136. The maximum Gasteiger partial charge on any atom is 0.255 e. The molecule has 3 aliphatic heterocycles. The number of piperidine rings is 1. The number of carbonyl (C=O) groups excluding carboxylic acids is 3. The zero-order valence-corrected chi connectivity index (χ0v) is 18.9. The molecule has 3 aliphatic rings. The van der Waals surface area contributed by atoms with Crippen molar-refractivity contribution in [2.75, 3.05) is 13.0 Å². The Balaban J connectivity index is 1.58. The van der Waals surface area contributed by atoms with E-state index in [9.17, 15) is 14.4 Å². The molecule has 2 fully saturated rings. The van der Waals surface area contributed by atoms with Crippen LogP contribution in [0.1, 0.15) is 75.6 Å². The van der Waals surface area contributed by atoms with E-state index < -0.39 is 115 Å². The molecule has 0 bridgehead atoms. The van der Waals surface area contributed by atoms with Gasteiger partial charge in [0, 0.05) is 61.8 Å². The number of amides is 3. The molecule has 9 heteroatoms. The smallest absolute Gasteiger partial charge is 0.255 e. The van der Waals surface area contributed by atoms with Crippen molar-refractivity contribution in [3.63, 3.8) is 0 Å². The number of carbonyl (C=O) groups is 3. The quantitative estimate of drug-likeness (QED) is 0.600. The van der Waals surface area contributed by atoms with E-state index in [4.69, 9.17) is 31.4 Å². The monoisotopic (exact) mass is 511 g/mol. The van der Waals surface area contributed by atoms with Crippen LogP contribution in [0, 0.1) is 5.82 Å². The molecular formula is C27H30FN3O5. The average molecular weight is 512 g/mol. The fourth-order valence-electron chi connectivity index (χ4n) is 3.59. The van der Waals surface area contributed by atoms with Gasteiger partial charge in [-0.05, 0) is 32.4 Å². The Morgan fingerprint density at radius 2 is 1.89 bits per heavy atom. The highest BCUT2D eigenvalue weighted by Crippen LogP contribution is 2.34. The first kappa shape index (κ1) is 11.8. The average Bonchev–Trinajstić information content (AvgIpc) is 3.15. The number of halogens is 1. The van der Waals surface area contributed by atoms with Gasteiger partial charge in [0.05, 0.1) is 26.9 Å². The highest BCUT2D eigenvalue weighted by Gasteiger charge is 2.40. The molecule has 0 saturated carbocycles. The molecule has 0 aliphatic carbocycles. The van der Waals surface area contributed by atoms with E-state index in [2.05, 4.69) is 0 Å². The van der Waals surface area contributed by atoms with Crippen LogP contribution in [0.5, 0.6) is 5.75 Å². The van der Waals surface area contributed by atoms with Gasteiger partial charge in [-0.2, -0.15) is 0 Å². The lowest BCUT2D eigenvalue weighted by atomic mass is 10.0. The molecule has 2 aromatic carbocycles. The van der Waals surface area contributed by atoms with Crippen molar-refractivity contribution in [3.8, 4) is 5.75 Å². The summed E-state index contributed by atoms with van der Waals surface area (Å²) in [6.45, 7) is -15.4. The minimum Gasteiger partial charge on any atom is -0.488 e. The van der Waals surface area contributed by atoms with Crippen LogP contribution in [-0.4, -0.2) is 58.7 Å². The largest absolute Gasteiger partial charge is 0.488 e. The Morgan fingerprint density at radius 3 is 2.67 bits per heavy atom. The molecule has 36 heavy (non-hydrogen) atoms. The molecule has 0 radical (unpaired) electrons. The van der Waals surface area contributed by atoms with E-state index in [1.165, 1.54) is 0 Å². The normalized spacial score (nSPS) is 43.0. The number of ether oxygens (including phenoxy) is 2. The third-order valence-electron chi connectivity index (χ3n) is 5.12. The van der Waals surface area contributed by atoms with Gasteiger partial charge in [-0.3, -0.25) is 24.6 Å². The molecule has 5 rings (SSSR count). The second kappa shape index (κ2) is 9.99. The summed E-state index contributed by atoms with van der Waals surface area (Å²) in [5.74, 6) is -7.15. The third kappa shape index (κ3) is 4.85. The van der Waals surface area contributed by atoms with Crippen LogP contribution in [0.3, 0.4) is 0 Å². The maximum atomic E-state index is 16.4. The predicted octanol–water partition coefficient (Wildman–Crippen LogP) is 2.77. The highest BCUT2D eigenvalue weighted by molar-refractivity contribution is 6.05. The van der Waals surface area contributed by atoms with Crippen molar-refractivity contribution in [1.82, 2.24) is 15.1 Å². The fraction of sp³-hybridized carbons (Fsp3) is 0.444. The molecule has 1 N–H and O–H groups in total. The van der Waals surface area contributed by atoms with E-state index >= 15 is 4.39 Å². The SMILES string of the molecule is [2H]C([2H])(Oc1cccc2c1C([2H])([2H])N(C1C(=O)NC(=O)C([2H])([2H])C1([2H])[2H])C2=O)c1cccc(C([2H])([2H])N2C([2H])([2H])C([2H])(C)OC([2H])(C)C2([2H])[2H])c1F. The van der Waals surface area contributed by atoms with Crippen molar-refractivity contribution in [2.24, 2.45) is 0 Å². The second-order valence-corrected chi connectivity index (χ2v) is 7.71. The minimum absolute atomic E-state index is 0.0415. The number of hydrogen-bond acceptors (Lipinski definition) is 6. The molecule has 3 atom stereocenters. The van der Waals surface area contributed by atoms with Gasteiger partial charge >= 0.3 is 0 Å². The van der Waals surface area contributed by atoms with E-state index in [0.29, 0.717) is 0 Å². The summed E-state index contributed by atoms with van der Waals surface area (Å²) in [7, 11) is 0. The molecule has 190 valence electrons. The Morgan fingerprint density at radius 1 is 1.17 bits per heavy atom. The van der Waals surface area contributed by atoms with Crippen LogP contribution in [0.15, 0.2) is 36.4 Å². The molecule has 0 spiro atoms. The van der Waals surface area contributed by atoms with Crippen LogP contribution < -0.4 is 10.1 Å². The molecule has 3 amide bonds. The topological polar surface area (TPSA) is 88.2 Å². The van der Waals surface area contributed by atoms with Gasteiger partial charge in [0.2, 0.25) is 11.8 Å². The summed E-state index contributed by atoms with van der Waals surface area (Å²) in [6.07, 6.45) is -12.5. The van der Waals surface area contributed by atoms with Crippen molar-refractivity contribution in [2.45, 2.75) is 64.3 Å². The maximum absolute atomic E-state index is 16.4. The van der Waals surface area contributed by atoms with E-state index in [1.807, 2.05) is 0 Å². The van der Waals surface area contributed by atoms with Crippen LogP contribution in [0.4, 0.5) is 4.39 Å². The van der Waals surface area contributed by atoms with Gasteiger partial charge in [0.25, 0.3) is 5.91 Å². The van der Waals surface area contributed by atoms with Gasteiger partial charge in [0.15, 0.2) is 0 Å². The lowest BCUT2D eigenvalue weighted by Crippen LogP contribution is -2.52. The van der Waals surface area contributed by atoms with E-state index in [0.717, 1.165) is 50.2 Å². The zero-order valence-electron chi connectivity index (χ0n) is 34.9. The van der Waals surface area contributed by atoms with Crippen molar-refractivity contribution >= 4 is 17.7 Å². The number of morpholine rings is 1. The molecule has 2 saturated heterocycles. The molecular weight excluding hydrogens is 465 g/mol. The molecule has 3 heterocycles. The number of benzene rings is 2. The number of nitrogens with zero attached hydrogens (tertiary/aromatic N) is 2. The summed E-state index contributed by atoms with van der Waals surface area (Å²) < 4.78 is 162. The van der Waals surface area contributed by atoms with Crippen molar-refractivity contribution in [1.29, 1.82) is 0 Å². The van der Waals surface area contributed by atoms with Gasteiger partial charge in [-0.25, -0.2) is 4.39 Å². The zero-order chi connectivity index (χ0) is 39.8. The first-order chi connectivity index (χ1) is 23.2. The summed E-state index contributed by atoms with van der Waals surface area (Å²) in [6, 6.07) is 2.87. The summed E-state index contributed by atoms with van der Waals surface area (Å²) >= 11 is 0. The first-order valence-corrected chi connectivity index (χ1v) is 10.6. The van der Waals surface area contributed by atoms with Gasteiger partial charge in [0.1, 0.15) is 24.2 Å². The van der Waals surface area contributed by atoms with Crippen LogP contribution in [0.25, 0.3) is 0 Å². The van der Waals surface area contributed by atoms with Crippen molar-refractivity contribution < 1.29 is 50.2 Å². The number of imide groups is 1. The second-order valence-electron chi connectivity index (χ2n) is 7.71. The predicted molar refractivity (Wildman–Crippen MR) is 129 cm³/mol. The Bertz CT molecular complexity index is 1860. The molecule has 3 unspecified atom stereocenters. The molecule has 8 nitrogen and oxygen atoms in total. The highest BCUT2D eigenvalue weighted by atomic mass is 19.1. The van der Waals surface area contributed by atoms with Gasteiger partial charge in [-0.1, -0.05) is 24.3 Å². The standard InChI is InChI=1S/C27H30FN3O5/c1-16-11-30(12-17(2)36-16)13-18-5-3-6-19(25(18)28)15-35-23-8-4-7-20-21(23)14-31(27(20)34)22-9-10-24(32)29-26(22)33/h3-8,16-17,22H,9-15H2,1-2H3,(H,29,32,33)/i9D2,10D2,11D2,12D2,13D2,14D2,15D2,16D,17D. The number of nitrogens with one attached hydrogen (secondary N) is 1. The Kier molecular flexibility index (Phi) is 3.28. The van der Waals surface area contributed by atoms with Crippen LogP contribution in [0.2, 0.25) is 0 Å².